The van der Waals surface area contributed by atoms with E-state index in [1.54, 1.807) is 18.2 Å². The van der Waals surface area contributed by atoms with Crippen molar-refractivity contribution in [3.8, 4) is 28.5 Å². The molecular weight excluding hydrogens is 387 g/mol. The number of aromatic nitrogens is 2. The highest BCUT2D eigenvalue weighted by molar-refractivity contribution is 6.29. The van der Waals surface area contributed by atoms with Gasteiger partial charge >= 0.3 is 6.18 Å². The SMILES string of the molecule is N#Cc1ccc(-c2cc(Cl)nc(C3CC3)c2)c(-c2ncccc2C(F)(F)F)c1. The molecule has 2 aromatic heterocycles. The van der Waals surface area contributed by atoms with E-state index >= 15 is 0 Å². The minimum atomic E-state index is -4.57. The fourth-order valence-corrected chi connectivity index (χ4v) is 3.39. The second-order valence-electron chi connectivity index (χ2n) is 6.65. The van der Waals surface area contributed by atoms with Crippen molar-refractivity contribution in [3.63, 3.8) is 0 Å². The van der Waals surface area contributed by atoms with Crippen LogP contribution in [0.2, 0.25) is 5.15 Å². The lowest BCUT2D eigenvalue weighted by atomic mass is 9.93. The highest BCUT2D eigenvalue weighted by atomic mass is 35.5. The molecule has 0 atom stereocenters. The Kier molecular flexibility index (Phi) is 4.56. The minimum Gasteiger partial charge on any atom is -0.256 e. The summed E-state index contributed by atoms with van der Waals surface area (Å²) in [6.07, 6.45) is -1.22. The molecule has 4 rings (SSSR count). The number of pyridine rings is 2. The Morgan fingerprint density at radius 1 is 1.07 bits per heavy atom. The third-order valence-corrected chi connectivity index (χ3v) is 4.83. The van der Waals surface area contributed by atoms with Crippen molar-refractivity contribution in [2.45, 2.75) is 24.9 Å². The molecule has 0 amide bonds. The van der Waals surface area contributed by atoms with Crippen molar-refractivity contribution in [3.05, 3.63) is 70.6 Å². The first-order valence-electron chi connectivity index (χ1n) is 8.61. The molecule has 1 saturated carbocycles. The van der Waals surface area contributed by atoms with Gasteiger partial charge in [0.05, 0.1) is 22.9 Å². The van der Waals surface area contributed by atoms with Gasteiger partial charge in [-0.2, -0.15) is 18.4 Å². The normalized spacial score (nSPS) is 14.0. The Morgan fingerprint density at radius 3 is 2.54 bits per heavy atom. The van der Waals surface area contributed by atoms with E-state index in [2.05, 4.69) is 9.97 Å². The number of benzene rings is 1. The molecule has 1 aromatic carbocycles. The van der Waals surface area contributed by atoms with E-state index in [-0.39, 0.29) is 22.0 Å². The third kappa shape index (κ3) is 3.58. The summed E-state index contributed by atoms with van der Waals surface area (Å²) in [5.74, 6) is 0.333. The van der Waals surface area contributed by atoms with Crippen LogP contribution in [0.1, 0.15) is 35.6 Å². The summed E-state index contributed by atoms with van der Waals surface area (Å²) in [5, 5.41) is 9.53. The van der Waals surface area contributed by atoms with Crippen molar-refractivity contribution in [2.75, 3.05) is 0 Å². The highest BCUT2D eigenvalue weighted by Crippen LogP contribution is 2.43. The zero-order valence-corrected chi connectivity index (χ0v) is 15.2. The monoisotopic (exact) mass is 399 g/mol. The molecule has 3 nitrogen and oxygen atoms in total. The molecular formula is C21H13ClF3N3. The van der Waals surface area contributed by atoms with Crippen LogP contribution in [0.5, 0.6) is 0 Å². The summed E-state index contributed by atoms with van der Waals surface area (Å²) < 4.78 is 40.7. The number of nitrogens with zero attached hydrogens (tertiary/aromatic N) is 3. The molecule has 1 fully saturated rings. The van der Waals surface area contributed by atoms with E-state index in [4.69, 9.17) is 11.6 Å². The van der Waals surface area contributed by atoms with Crippen molar-refractivity contribution < 1.29 is 13.2 Å². The zero-order valence-electron chi connectivity index (χ0n) is 14.5. The van der Waals surface area contributed by atoms with Gasteiger partial charge in [0.25, 0.3) is 0 Å². The van der Waals surface area contributed by atoms with Gasteiger partial charge in [-0.1, -0.05) is 17.7 Å². The molecule has 0 spiro atoms. The van der Waals surface area contributed by atoms with E-state index in [9.17, 15) is 18.4 Å². The molecule has 0 radical (unpaired) electrons. The van der Waals surface area contributed by atoms with Gasteiger partial charge in [-0.3, -0.25) is 4.98 Å². The minimum absolute atomic E-state index is 0.219. The maximum absolute atomic E-state index is 13.6. The smallest absolute Gasteiger partial charge is 0.256 e. The number of halogens is 4. The van der Waals surface area contributed by atoms with Crippen LogP contribution < -0.4 is 0 Å². The lowest BCUT2D eigenvalue weighted by Crippen LogP contribution is -2.08. The fourth-order valence-electron chi connectivity index (χ4n) is 3.17. The Morgan fingerprint density at radius 2 is 1.86 bits per heavy atom. The maximum atomic E-state index is 13.6. The van der Waals surface area contributed by atoms with Crippen LogP contribution in [0.25, 0.3) is 22.4 Å². The van der Waals surface area contributed by atoms with E-state index in [1.807, 2.05) is 12.1 Å². The van der Waals surface area contributed by atoms with Gasteiger partial charge in [-0.15, -0.1) is 0 Å². The van der Waals surface area contributed by atoms with Crippen LogP contribution in [0, 0.1) is 11.3 Å². The molecule has 0 bridgehead atoms. The van der Waals surface area contributed by atoms with Gasteiger partial charge in [0, 0.05) is 23.4 Å². The third-order valence-electron chi connectivity index (χ3n) is 4.64. The van der Waals surface area contributed by atoms with Crippen molar-refractivity contribution in [2.24, 2.45) is 0 Å². The van der Waals surface area contributed by atoms with Crippen LogP contribution in [-0.2, 0) is 6.18 Å². The van der Waals surface area contributed by atoms with E-state index in [1.165, 1.54) is 18.3 Å². The summed E-state index contributed by atoms with van der Waals surface area (Å²) in [7, 11) is 0. The summed E-state index contributed by atoms with van der Waals surface area (Å²) in [6, 6.07) is 12.3. The van der Waals surface area contributed by atoms with Gasteiger partial charge in [0.2, 0.25) is 0 Å². The first-order chi connectivity index (χ1) is 13.4. The van der Waals surface area contributed by atoms with Gasteiger partial charge in [0.1, 0.15) is 5.15 Å². The Bertz CT molecular complexity index is 1100. The van der Waals surface area contributed by atoms with E-state index < -0.39 is 11.7 Å². The second-order valence-corrected chi connectivity index (χ2v) is 7.03. The molecule has 0 aliphatic heterocycles. The second kappa shape index (κ2) is 6.92. The highest BCUT2D eigenvalue weighted by Gasteiger charge is 2.35. The number of hydrogen-bond acceptors (Lipinski definition) is 3. The van der Waals surface area contributed by atoms with Gasteiger partial charge in [-0.05, 0) is 60.4 Å². The van der Waals surface area contributed by atoms with Crippen LogP contribution in [0.3, 0.4) is 0 Å². The molecule has 1 aliphatic carbocycles. The van der Waals surface area contributed by atoms with E-state index in [0.29, 0.717) is 17.0 Å². The Balaban J connectivity index is 1.96. The van der Waals surface area contributed by atoms with Gasteiger partial charge in [0.15, 0.2) is 0 Å². The number of alkyl halides is 3. The van der Waals surface area contributed by atoms with Crippen LogP contribution in [0.15, 0.2) is 48.7 Å². The quantitative estimate of drug-likeness (QED) is 0.490. The van der Waals surface area contributed by atoms with Crippen LogP contribution in [0.4, 0.5) is 13.2 Å². The van der Waals surface area contributed by atoms with Crippen molar-refractivity contribution >= 4 is 11.6 Å². The summed E-state index contributed by atoms with van der Waals surface area (Å²) in [5.41, 5.74) is 1.41. The topological polar surface area (TPSA) is 49.6 Å². The Labute approximate surface area is 164 Å². The first kappa shape index (κ1) is 18.5. The number of rotatable bonds is 3. The predicted molar refractivity (Wildman–Crippen MR) is 99.6 cm³/mol. The lowest BCUT2D eigenvalue weighted by Gasteiger charge is -2.16. The number of hydrogen-bond donors (Lipinski definition) is 0. The Hall–Kier alpha value is -2.91. The fraction of sp³-hybridized carbons (Fsp3) is 0.190. The van der Waals surface area contributed by atoms with E-state index in [0.717, 1.165) is 24.6 Å². The van der Waals surface area contributed by atoms with Crippen molar-refractivity contribution in [1.29, 1.82) is 5.26 Å². The molecule has 0 unspecified atom stereocenters. The average Bonchev–Trinajstić information content (AvgIpc) is 3.51. The maximum Gasteiger partial charge on any atom is 0.418 e. The van der Waals surface area contributed by atoms with Crippen molar-refractivity contribution in [1.82, 2.24) is 9.97 Å². The largest absolute Gasteiger partial charge is 0.418 e. The predicted octanol–water partition coefficient (Wildman–Crippen LogP) is 6.23. The lowest BCUT2D eigenvalue weighted by molar-refractivity contribution is -0.137. The molecule has 0 saturated heterocycles. The molecule has 1 aliphatic rings. The molecule has 3 aromatic rings. The zero-order chi connectivity index (χ0) is 19.9. The standard InChI is InChI=1S/C21H13ClF3N3/c22-19-10-14(9-18(28-19)13-4-5-13)15-6-3-12(11-26)8-16(15)20-17(21(23,24)25)2-1-7-27-20/h1-3,6-10,13H,4-5H2. The van der Waals surface area contributed by atoms with Gasteiger partial charge < -0.3 is 0 Å². The summed E-state index contributed by atoms with van der Waals surface area (Å²) >= 11 is 6.17. The molecule has 28 heavy (non-hydrogen) atoms. The molecule has 0 N–H and O–H groups in total. The van der Waals surface area contributed by atoms with Crippen LogP contribution in [-0.4, -0.2) is 9.97 Å². The molecule has 2 heterocycles. The summed E-state index contributed by atoms with van der Waals surface area (Å²) in [6.45, 7) is 0. The molecule has 140 valence electrons. The average molecular weight is 400 g/mol. The molecule has 7 heteroatoms. The summed E-state index contributed by atoms with van der Waals surface area (Å²) in [4.78, 5) is 8.32. The number of nitriles is 1. The van der Waals surface area contributed by atoms with Gasteiger partial charge in [-0.25, -0.2) is 4.98 Å². The van der Waals surface area contributed by atoms with Crippen LogP contribution >= 0.6 is 11.6 Å². The first-order valence-corrected chi connectivity index (χ1v) is 8.99.